The molecular formula is C23H16BrNO2. The Labute approximate surface area is 166 Å². The molecule has 1 N–H and O–H groups in total. The largest absolute Gasteiger partial charge is 0.506 e. The third-order valence-electron chi connectivity index (χ3n) is 4.37. The average Bonchev–Trinajstić information content (AvgIpc) is 3.01. The van der Waals surface area contributed by atoms with Gasteiger partial charge in [-0.25, -0.2) is 0 Å². The number of hydrogen-bond donors (Lipinski definition) is 1. The van der Waals surface area contributed by atoms with Crippen molar-refractivity contribution in [1.82, 2.24) is 0 Å². The molecule has 1 aliphatic rings. The van der Waals surface area contributed by atoms with Crippen LogP contribution < -0.4 is 4.90 Å². The first-order valence-corrected chi connectivity index (χ1v) is 9.29. The van der Waals surface area contributed by atoms with E-state index in [0.29, 0.717) is 11.3 Å². The lowest BCUT2D eigenvalue weighted by atomic mass is 10.1. The van der Waals surface area contributed by atoms with Crippen LogP contribution in [0.1, 0.15) is 11.1 Å². The number of nitrogens with zero attached hydrogens (tertiary/aromatic N) is 1. The number of anilines is 1. The van der Waals surface area contributed by atoms with Gasteiger partial charge in [-0.05, 0) is 47.5 Å². The van der Waals surface area contributed by atoms with Crippen molar-refractivity contribution < 1.29 is 9.90 Å². The molecule has 3 nitrogen and oxygen atoms in total. The molecule has 1 heterocycles. The van der Waals surface area contributed by atoms with E-state index in [0.717, 1.165) is 21.3 Å². The highest BCUT2D eigenvalue weighted by Gasteiger charge is 2.31. The maximum absolute atomic E-state index is 13.2. The van der Waals surface area contributed by atoms with E-state index < -0.39 is 0 Å². The first-order valence-electron chi connectivity index (χ1n) is 8.50. The average molecular weight is 418 g/mol. The first kappa shape index (κ1) is 17.3. The molecule has 0 saturated heterocycles. The molecule has 3 aromatic carbocycles. The molecule has 0 spiro atoms. The van der Waals surface area contributed by atoms with Gasteiger partial charge in [0.15, 0.2) is 0 Å². The van der Waals surface area contributed by atoms with Crippen molar-refractivity contribution in [2.24, 2.45) is 0 Å². The summed E-state index contributed by atoms with van der Waals surface area (Å²) < 4.78 is 0.985. The van der Waals surface area contributed by atoms with E-state index in [9.17, 15) is 9.90 Å². The second-order valence-electron chi connectivity index (χ2n) is 6.18. The number of carbonyl (C=O) groups excluding carboxylic acids is 1. The Hall–Kier alpha value is -3.11. The molecule has 1 amide bonds. The minimum Gasteiger partial charge on any atom is -0.506 e. The van der Waals surface area contributed by atoms with Crippen LogP contribution in [0.15, 0.2) is 95.0 Å². The van der Waals surface area contributed by atoms with Crippen LogP contribution in [0.2, 0.25) is 0 Å². The van der Waals surface area contributed by atoms with Gasteiger partial charge in [0.05, 0.1) is 11.4 Å². The molecule has 4 rings (SSSR count). The highest BCUT2D eigenvalue weighted by molar-refractivity contribution is 9.10. The van der Waals surface area contributed by atoms with Crippen LogP contribution in [-0.4, -0.2) is 11.0 Å². The van der Waals surface area contributed by atoms with Gasteiger partial charge in [-0.15, -0.1) is 0 Å². The van der Waals surface area contributed by atoms with E-state index in [1.54, 1.807) is 29.2 Å². The Morgan fingerprint density at radius 1 is 0.852 bits per heavy atom. The second kappa shape index (κ2) is 7.25. The van der Waals surface area contributed by atoms with Crippen molar-refractivity contribution in [2.45, 2.75) is 0 Å². The fraction of sp³-hybridized carbons (Fsp3) is 0. The van der Waals surface area contributed by atoms with Crippen LogP contribution in [0.5, 0.6) is 5.75 Å². The summed E-state index contributed by atoms with van der Waals surface area (Å²) in [4.78, 5) is 14.8. The Bertz CT molecular complexity index is 1050. The molecule has 0 unspecified atom stereocenters. The van der Waals surface area contributed by atoms with E-state index in [1.165, 1.54) is 0 Å². The van der Waals surface area contributed by atoms with Gasteiger partial charge in [0.25, 0.3) is 5.91 Å². The quantitative estimate of drug-likeness (QED) is 0.561. The zero-order valence-corrected chi connectivity index (χ0v) is 15.9. The first-order chi connectivity index (χ1) is 13.1. The molecule has 0 saturated carbocycles. The van der Waals surface area contributed by atoms with Gasteiger partial charge in [0.1, 0.15) is 5.75 Å². The van der Waals surface area contributed by atoms with E-state index in [1.807, 2.05) is 66.7 Å². The number of hydrogen-bond acceptors (Lipinski definition) is 2. The molecule has 0 bridgehead atoms. The van der Waals surface area contributed by atoms with Crippen molar-refractivity contribution in [3.05, 3.63) is 106 Å². The molecule has 27 heavy (non-hydrogen) atoms. The van der Waals surface area contributed by atoms with Crippen molar-refractivity contribution >= 4 is 39.3 Å². The molecule has 0 aromatic heterocycles. The van der Waals surface area contributed by atoms with Crippen LogP contribution in [0, 0.1) is 0 Å². The van der Waals surface area contributed by atoms with E-state index in [4.69, 9.17) is 0 Å². The molecule has 3 aromatic rings. The zero-order chi connectivity index (χ0) is 18.8. The molecular weight excluding hydrogens is 402 g/mol. The molecule has 0 aliphatic carbocycles. The van der Waals surface area contributed by atoms with Gasteiger partial charge >= 0.3 is 0 Å². The number of phenolic OH excluding ortho intramolecular Hbond substituents is 1. The number of para-hydroxylation sites is 2. The van der Waals surface area contributed by atoms with Gasteiger partial charge in [0.2, 0.25) is 0 Å². The SMILES string of the molecule is O=C1/C(=C/c2ccc(Br)cc2)C=C(c2ccccc2)N1c1ccccc1O. The van der Waals surface area contributed by atoms with Gasteiger partial charge in [0, 0.05) is 10.0 Å². The fourth-order valence-electron chi connectivity index (χ4n) is 3.07. The number of halogens is 1. The maximum Gasteiger partial charge on any atom is 0.263 e. The summed E-state index contributed by atoms with van der Waals surface area (Å²) >= 11 is 3.42. The minimum absolute atomic E-state index is 0.0672. The maximum atomic E-state index is 13.2. The molecule has 0 fully saturated rings. The van der Waals surface area contributed by atoms with E-state index >= 15 is 0 Å². The summed E-state index contributed by atoms with van der Waals surface area (Å²) in [7, 11) is 0. The number of carbonyl (C=O) groups is 1. The number of rotatable bonds is 3. The van der Waals surface area contributed by atoms with Gasteiger partial charge in [-0.3, -0.25) is 9.69 Å². The minimum atomic E-state index is -0.168. The van der Waals surface area contributed by atoms with Crippen molar-refractivity contribution in [2.75, 3.05) is 4.90 Å². The summed E-state index contributed by atoms with van der Waals surface area (Å²) in [6.07, 6.45) is 3.73. The molecule has 0 atom stereocenters. The normalized spacial score (nSPS) is 15.3. The Kier molecular flexibility index (Phi) is 4.65. The van der Waals surface area contributed by atoms with E-state index in [-0.39, 0.29) is 11.7 Å². The summed E-state index contributed by atoms with van der Waals surface area (Å²) in [5.41, 5.74) is 3.62. The topological polar surface area (TPSA) is 40.5 Å². The molecule has 0 radical (unpaired) electrons. The summed E-state index contributed by atoms with van der Waals surface area (Å²) in [6, 6.07) is 24.3. The lowest BCUT2D eigenvalue weighted by Crippen LogP contribution is -2.25. The van der Waals surface area contributed by atoms with Gasteiger partial charge in [-0.1, -0.05) is 70.5 Å². The standard InChI is InChI=1S/C23H16BrNO2/c24-19-12-10-16(11-13-19)14-18-15-21(17-6-2-1-3-7-17)25(23(18)27)20-8-4-5-9-22(20)26/h1-15,26H/b18-14+. The van der Waals surface area contributed by atoms with Crippen LogP contribution in [0.25, 0.3) is 11.8 Å². The number of aromatic hydroxyl groups is 1. The van der Waals surface area contributed by atoms with Crippen LogP contribution >= 0.6 is 15.9 Å². The van der Waals surface area contributed by atoms with Gasteiger partial charge < -0.3 is 5.11 Å². The Balaban J connectivity index is 1.84. The number of phenols is 1. The van der Waals surface area contributed by atoms with Crippen molar-refractivity contribution in [3.8, 4) is 5.75 Å². The van der Waals surface area contributed by atoms with Crippen LogP contribution in [0.4, 0.5) is 5.69 Å². The van der Waals surface area contributed by atoms with Crippen LogP contribution in [0.3, 0.4) is 0 Å². The monoisotopic (exact) mass is 417 g/mol. The summed E-state index contributed by atoms with van der Waals surface area (Å²) in [5, 5.41) is 10.3. The predicted octanol–water partition coefficient (Wildman–Crippen LogP) is 5.63. The lowest BCUT2D eigenvalue weighted by molar-refractivity contribution is -0.113. The Morgan fingerprint density at radius 2 is 1.52 bits per heavy atom. The molecule has 4 heteroatoms. The van der Waals surface area contributed by atoms with Crippen LogP contribution in [-0.2, 0) is 4.79 Å². The second-order valence-corrected chi connectivity index (χ2v) is 7.09. The highest BCUT2D eigenvalue weighted by atomic mass is 79.9. The van der Waals surface area contributed by atoms with E-state index in [2.05, 4.69) is 15.9 Å². The lowest BCUT2D eigenvalue weighted by Gasteiger charge is -2.21. The Morgan fingerprint density at radius 3 is 2.22 bits per heavy atom. The zero-order valence-electron chi connectivity index (χ0n) is 14.3. The third kappa shape index (κ3) is 3.44. The summed E-state index contributed by atoms with van der Waals surface area (Å²) in [6.45, 7) is 0. The third-order valence-corrected chi connectivity index (χ3v) is 4.90. The van der Waals surface area contributed by atoms with Crippen molar-refractivity contribution in [1.29, 1.82) is 0 Å². The highest BCUT2D eigenvalue weighted by Crippen LogP contribution is 2.39. The number of benzene rings is 3. The molecule has 1 aliphatic heterocycles. The molecule has 132 valence electrons. The predicted molar refractivity (Wildman–Crippen MR) is 112 cm³/mol. The fourth-order valence-corrected chi connectivity index (χ4v) is 3.33. The van der Waals surface area contributed by atoms with Crippen molar-refractivity contribution in [3.63, 3.8) is 0 Å². The smallest absolute Gasteiger partial charge is 0.263 e. The number of amides is 1. The van der Waals surface area contributed by atoms with Gasteiger partial charge in [-0.2, -0.15) is 0 Å². The summed E-state index contributed by atoms with van der Waals surface area (Å²) in [5.74, 6) is -0.101.